The molecule has 0 aromatic rings. The van der Waals surface area contributed by atoms with E-state index in [1.54, 1.807) is 0 Å². The lowest BCUT2D eigenvalue weighted by Crippen LogP contribution is -2.43. The van der Waals surface area contributed by atoms with E-state index in [4.69, 9.17) is 4.74 Å². The van der Waals surface area contributed by atoms with Crippen LogP contribution in [-0.2, 0) is 4.74 Å². The zero-order valence-corrected chi connectivity index (χ0v) is 11.3. The van der Waals surface area contributed by atoms with Crippen molar-refractivity contribution >= 4 is 0 Å². The van der Waals surface area contributed by atoms with Crippen molar-refractivity contribution in [3.63, 3.8) is 0 Å². The number of rotatable bonds is 2. The van der Waals surface area contributed by atoms with Gasteiger partial charge in [-0.2, -0.15) is 0 Å². The Morgan fingerprint density at radius 3 is 2.75 bits per heavy atom. The molecule has 4 unspecified atom stereocenters. The molecule has 2 fully saturated rings. The topological polar surface area (TPSA) is 9.23 Å². The lowest BCUT2D eigenvalue weighted by Gasteiger charge is -2.46. The monoisotopic (exact) mass is 224 g/mol. The molecule has 16 heavy (non-hydrogen) atoms. The second-order valence-corrected chi connectivity index (χ2v) is 6.38. The molecule has 94 valence electrons. The molecule has 1 nitrogen and oxygen atoms in total. The first-order chi connectivity index (χ1) is 7.65. The van der Waals surface area contributed by atoms with Gasteiger partial charge in [0.2, 0.25) is 0 Å². The molecule has 2 rings (SSSR count). The molecule has 1 saturated heterocycles. The van der Waals surface area contributed by atoms with Crippen molar-refractivity contribution in [2.24, 2.45) is 17.8 Å². The first-order valence-corrected chi connectivity index (χ1v) is 7.29. The van der Waals surface area contributed by atoms with Crippen LogP contribution in [0.2, 0.25) is 0 Å². The predicted molar refractivity (Wildman–Crippen MR) is 68.5 cm³/mol. The summed E-state index contributed by atoms with van der Waals surface area (Å²) in [5.74, 6) is 2.60. The first kappa shape index (κ1) is 12.4. The average molecular weight is 224 g/mol. The van der Waals surface area contributed by atoms with E-state index in [0.29, 0.717) is 5.60 Å². The van der Waals surface area contributed by atoms with Gasteiger partial charge in [0.1, 0.15) is 0 Å². The third-order valence-corrected chi connectivity index (χ3v) is 5.06. The van der Waals surface area contributed by atoms with Crippen LogP contribution in [0.3, 0.4) is 0 Å². The standard InChI is InChI=1S/C15H28O/c1-4-13(3)14-6-5-8-15(10-14)9-7-12(2)11-16-15/h12-14H,4-11H2,1-3H3. The second kappa shape index (κ2) is 5.08. The maximum atomic E-state index is 6.24. The van der Waals surface area contributed by atoms with Gasteiger partial charge in [-0.05, 0) is 49.9 Å². The molecule has 4 atom stereocenters. The van der Waals surface area contributed by atoms with Crippen LogP contribution in [-0.4, -0.2) is 12.2 Å². The first-order valence-electron chi connectivity index (χ1n) is 7.29. The number of hydrogen-bond acceptors (Lipinski definition) is 1. The highest BCUT2D eigenvalue weighted by Crippen LogP contribution is 2.44. The van der Waals surface area contributed by atoms with Crippen LogP contribution in [0.15, 0.2) is 0 Å². The summed E-state index contributed by atoms with van der Waals surface area (Å²) in [6.07, 6.45) is 9.53. The molecule has 0 amide bonds. The second-order valence-electron chi connectivity index (χ2n) is 6.38. The molecule has 1 saturated carbocycles. The van der Waals surface area contributed by atoms with Crippen LogP contribution in [0, 0.1) is 17.8 Å². The molecule has 1 heteroatoms. The summed E-state index contributed by atoms with van der Waals surface area (Å²) in [5, 5.41) is 0. The van der Waals surface area contributed by atoms with Gasteiger partial charge < -0.3 is 4.74 Å². The van der Waals surface area contributed by atoms with Crippen molar-refractivity contribution in [1.29, 1.82) is 0 Å². The molecule has 0 bridgehead atoms. The molecular formula is C15H28O. The van der Waals surface area contributed by atoms with Crippen LogP contribution in [0.1, 0.15) is 65.7 Å². The van der Waals surface area contributed by atoms with E-state index in [9.17, 15) is 0 Å². The van der Waals surface area contributed by atoms with Crippen molar-refractivity contribution in [2.45, 2.75) is 71.3 Å². The van der Waals surface area contributed by atoms with E-state index in [0.717, 1.165) is 24.4 Å². The highest BCUT2D eigenvalue weighted by molar-refractivity contribution is 4.91. The fraction of sp³-hybridized carbons (Fsp3) is 1.00. The highest BCUT2D eigenvalue weighted by atomic mass is 16.5. The molecule has 0 aromatic carbocycles. The van der Waals surface area contributed by atoms with Gasteiger partial charge in [0.25, 0.3) is 0 Å². The summed E-state index contributed by atoms with van der Waals surface area (Å²) in [6.45, 7) is 8.08. The van der Waals surface area contributed by atoms with Crippen LogP contribution in [0.25, 0.3) is 0 Å². The summed E-state index contributed by atoms with van der Waals surface area (Å²) in [5.41, 5.74) is 0.291. The van der Waals surface area contributed by atoms with E-state index in [1.807, 2.05) is 0 Å². The van der Waals surface area contributed by atoms with Crippen LogP contribution in [0.5, 0.6) is 0 Å². The van der Waals surface area contributed by atoms with Gasteiger partial charge in [-0.25, -0.2) is 0 Å². The van der Waals surface area contributed by atoms with Gasteiger partial charge in [0.15, 0.2) is 0 Å². The van der Waals surface area contributed by atoms with E-state index in [1.165, 1.54) is 44.9 Å². The zero-order valence-electron chi connectivity index (χ0n) is 11.3. The molecule has 1 spiro atoms. The minimum atomic E-state index is 0.291. The Balaban J connectivity index is 1.95. The predicted octanol–water partition coefficient (Wildman–Crippen LogP) is 4.41. The fourth-order valence-corrected chi connectivity index (χ4v) is 3.53. The van der Waals surface area contributed by atoms with Crippen molar-refractivity contribution in [3.05, 3.63) is 0 Å². The summed E-state index contributed by atoms with van der Waals surface area (Å²) >= 11 is 0. The molecule has 1 aliphatic heterocycles. The van der Waals surface area contributed by atoms with Gasteiger partial charge in [0, 0.05) is 6.61 Å². The molecule has 1 heterocycles. The third-order valence-electron chi connectivity index (χ3n) is 5.06. The van der Waals surface area contributed by atoms with E-state index >= 15 is 0 Å². The molecule has 2 aliphatic rings. The third kappa shape index (κ3) is 2.61. The number of hydrogen-bond donors (Lipinski definition) is 0. The van der Waals surface area contributed by atoms with Gasteiger partial charge in [-0.3, -0.25) is 0 Å². The SMILES string of the molecule is CCC(C)C1CCCC2(CCC(C)CO2)C1. The molecule has 0 radical (unpaired) electrons. The Morgan fingerprint density at radius 2 is 2.12 bits per heavy atom. The summed E-state index contributed by atoms with van der Waals surface area (Å²) in [6, 6.07) is 0. The molecule has 0 aromatic heterocycles. The maximum absolute atomic E-state index is 6.24. The van der Waals surface area contributed by atoms with Crippen molar-refractivity contribution < 1.29 is 4.74 Å². The Labute approximate surface area is 101 Å². The zero-order chi connectivity index (χ0) is 11.6. The normalized spacial score (nSPS) is 42.2. The smallest absolute Gasteiger partial charge is 0.0685 e. The summed E-state index contributed by atoms with van der Waals surface area (Å²) in [7, 11) is 0. The van der Waals surface area contributed by atoms with E-state index < -0.39 is 0 Å². The Bertz CT molecular complexity index is 215. The van der Waals surface area contributed by atoms with Crippen LogP contribution >= 0.6 is 0 Å². The quantitative estimate of drug-likeness (QED) is 0.675. The van der Waals surface area contributed by atoms with Crippen molar-refractivity contribution in [2.75, 3.05) is 6.61 Å². The van der Waals surface area contributed by atoms with Crippen LogP contribution < -0.4 is 0 Å². The van der Waals surface area contributed by atoms with Gasteiger partial charge >= 0.3 is 0 Å². The van der Waals surface area contributed by atoms with Gasteiger partial charge in [-0.15, -0.1) is 0 Å². The average Bonchev–Trinajstić information content (AvgIpc) is 2.33. The fourth-order valence-electron chi connectivity index (χ4n) is 3.53. The Morgan fingerprint density at radius 1 is 1.31 bits per heavy atom. The van der Waals surface area contributed by atoms with Gasteiger partial charge in [-0.1, -0.05) is 33.6 Å². The summed E-state index contributed by atoms with van der Waals surface area (Å²) in [4.78, 5) is 0. The lowest BCUT2D eigenvalue weighted by atomic mass is 9.69. The van der Waals surface area contributed by atoms with Crippen LogP contribution in [0.4, 0.5) is 0 Å². The van der Waals surface area contributed by atoms with E-state index in [2.05, 4.69) is 20.8 Å². The molecule has 1 aliphatic carbocycles. The van der Waals surface area contributed by atoms with Crippen molar-refractivity contribution in [1.82, 2.24) is 0 Å². The highest BCUT2D eigenvalue weighted by Gasteiger charge is 2.40. The largest absolute Gasteiger partial charge is 0.375 e. The minimum Gasteiger partial charge on any atom is -0.375 e. The molecular weight excluding hydrogens is 196 g/mol. The maximum Gasteiger partial charge on any atom is 0.0685 e. The van der Waals surface area contributed by atoms with Gasteiger partial charge in [0.05, 0.1) is 5.60 Å². The van der Waals surface area contributed by atoms with Crippen molar-refractivity contribution in [3.8, 4) is 0 Å². The number of ether oxygens (including phenoxy) is 1. The lowest BCUT2D eigenvalue weighted by molar-refractivity contribution is -0.131. The summed E-state index contributed by atoms with van der Waals surface area (Å²) < 4.78 is 6.24. The minimum absolute atomic E-state index is 0.291. The molecule has 0 N–H and O–H groups in total. The Kier molecular flexibility index (Phi) is 3.94. The Hall–Kier alpha value is -0.0400. The van der Waals surface area contributed by atoms with E-state index in [-0.39, 0.29) is 0 Å².